The van der Waals surface area contributed by atoms with Gasteiger partial charge < -0.3 is 10.5 Å². The van der Waals surface area contributed by atoms with Crippen LogP contribution in [0.3, 0.4) is 0 Å². The van der Waals surface area contributed by atoms with Crippen molar-refractivity contribution >= 4 is 17.1 Å². The molecule has 0 aliphatic heterocycles. The van der Waals surface area contributed by atoms with E-state index in [1.54, 1.807) is 0 Å². The van der Waals surface area contributed by atoms with Gasteiger partial charge in [-0.1, -0.05) is 12.2 Å². The molecular formula is C7H8N2O3S. The van der Waals surface area contributed by atoms with Crippen molar-refractivity contribution in [1.29, 1.82) is 0 Å². The fourth-order valence-corrected chi connectivity index (χ4v) is 1.38. The van der Waals surface area contributed by atoms with Gasteiger partial charge in [0, 0.05) is 4.92 Å². The molecule has 0 fully saturated rings. The zero-order valence-electron chi connectivity index (χ0n) is 6.89. The monoisotopic (exact) mass is 200 g/mol. The van der Waals surface area contributed by atoms with Gasteiger partial charge in [-0.3, -0.25) is 10.1 Å². The number of hydrogen-bond donors (Lipinski definition) is 1. The quantitative estimate of drug-likeness (QED) is 0.396. The van der Waals surface area contributed by atoms with Crippen molar-refractivity contribution < 1.29 is 9.66 Å². The lowest BCUT2D eigenvalue weighted by Crippen LogP contribution is -2.32. The van der Waals surface area contributed by atoms with Gasteiger partial charge in [0.2, 0.25) is 0 Å². The molecule has 0 saturated carbocycles. The van der Waals surface area contributed by atoms with E-state index in [4.69, 9.17) is 22.7 Å². The van der Waals surface area contributed by atoms with Crippen LogP contribution in [-0.2, 0) is 4.74 Å². The van der Waals surface area contributed by atoms with Gasteiger partial charge in [-0.15, -0.1) is 0 Å². The Morgan fingerprint density at radius 2 is 2.38 bits per heavy atom. The second-order valence-corrected chi connectivity index (χ2v) is 2.88. The third-order valence-corrected chi connectivity index (χ3v) is 2.07. The molecule has 0 heterocycles. The lowest BCUT2D eigenvalue weighted by atomic mass is 10.1. The van der Waals surface area contributed by atoms with Crippen LogP contribution in [0.15, 0.2) is 23.6 Å². The van der Waals surface area contributed by atoms with E-state index in [2.05, 4.69) is 0 Å². The number of rotatable bonds is 2. The summed E-state index contributed by atoms with van der Waals surface area (Å²) in [6.45, 7) is 0. The first-order valence-electron chi connectivity index (χ1n) is 3.47. The fourth-order valence-electron chi connectivity index (χ4n) is 1.02. The van der Waals surface area contributed by atoms with Crippen molar-refractivity contribution in [2.45, 2.75) is 6.04 Å². The molecule has 0 aromatic heterocycles. The molecular weight excluding hydrogens is 192 g/mol. The predicted molar refractivity (Wildman–Crippen MR) is 50.7 cm³/mol. The number of methoxy groups -OCH3 is 1. The summed E-state index contributed by atoms with van der Waals surface area (Å²) in [5.74, 6) is 0.221. The maximum Gasteiger partial charge on any atom is 0.270 e. The summed E-state index contributed by atoms with van der Waals surface area (Å²) in [6, 6.07) is -1.00. The molecule has 13 heavy (non-hydrogen) atoms. The van der Waals surface area contributed by atoms with Crippen LogP contribution in [0.4, 0.5) is 0 Å². The Morgan fingerprint density at radius 1 is 1.77 bits per heavy atom. The number of nitro groups is 1. The number of nitrogens with zero attached hydrogens (tertiary/aromatic N) is 1. The second kappa shape index (κ2) is 3.53. The number of nitrogens with two attached hydrogens (primary N) is 1. The molecule has 2 N–H and O–H groups in total. The van der Waals surface area contributed by atoms with E-state index >= 15 is 0 Å². The van der Waals surface area contributed by atoms with Gasteiger partial charge in [0.15, 0.2) is 5.76 Å². The molecule has 1 atom stereocenters. The molecule has 5 nitrogen and oxygen atoms in total. The molecule has 0 saturated heterocycles. The summed E-state index contributed by atoms with van der Waals surface area (Å²) in [5.41, 5.74) is 5.82. The minimum absolute atomic E-state index is 0.118. The smallest absolute Gasteiger partial charge is 0.270 e. The van der Waals surface area contributed by atoms with E-state index in [0.29, 0.717) is 5.70 Å². The van der Waals surface area contributed by atoms with Crippen molar-refractivity contribution in [3.63, 3.8) is 0 Å². The lowest BCUT2D eigenvalue weighted by Gasteiger charge is -2.15. The maximum atomic E-state index is 10.5. The molecule has 70 valence electrons. The van der Waals surface area contributed by atoms with Gasteiger partial charge in [0.1, 0.15) is 4.86 Å². The molecule has 1 rings (SSSR count). The van der Waals surface area contributed by atoms with Crippen LogP contribution in [0.2, 0.25) is 0 Å². The zero-order valence-corrected chi connectivity index (χ0v) is 7.71. The van der Waals surface area contributed by atoms with Crippen LogP contribution in [0, 0.1) is 10.1 Å². The van der Waals surface area contributed by atoms with Gasteiger partial charge in [-0.2, -0.15) is 0 Å². The highest BCUT2D eigenvalue weighted by Crippen LogP contribution is 2.16. The van der Waals surface area contributed by atoms with Crippen molar-refractivity contribution in [2.75, 3.05) is 7.11 Å². The Bertz CT molecular complexity index is 322. The highest BCUT2D eigenvalue weighted by atomic mass is 32.1. The molecule has 1 unspecified atom stereocenters. The minimum Gasteiger partial charge on any atom is -0.493 e. The number of allylic oxidation sites excluding steroid dienone is 1. The minimum atomic E-state index is -1.00. The number of hydrogen-bond acceptors (Lipinski definition) is 5. The van der Waals surface area contributed by atoms with Crippen LogP contribution >= 0.6 is 12.2 Å². The number of thiocarbonyl (C=S) groups is 1. The summed E-state index contributed by atoms with van der Waals surface area (Å²) in [6.07, 6.45) is 2.78. The standard InChI is InChI=1S/C7H8N2O3S/c1-12-6-4(8)2-3-5(7(6)13)9(10)11/h2-3,5H,8H2,1H3. The van der Waals surface area contributed by atoms with Crippen molar-refractivity contribution in [2.24, 2.45) is 5.73 Å². The van der Waals surface area contributed by atoms with E-state index in [9.17, 15) is 10.1 Å². The first kappa shape index (κ1) is 9.66. The third kappa shape index (κ3) is 1.67. The molecule has 6 heteroatoms. The van der Waals surface area contributed by atoms with E-state index in [0.717, 1.165) is 0 Å². The SMILES string of the molecule is COC1=C(N)C=CC([N+](=O)[O-])C1=S. The van der Waals surface area contributed by atoms with Crippen molar-refractivity contribution in [1.82, 2.24) is 0 Å². The van der Waals surface area contributed by atoms with E-state index in [1.807, 2.05) is 0 Å². The summed E-state index contributed by atoms with van der Waals surface area (Å²) in [4.78, 5) is 10.1. The van der Waals surface area contributed by atoms with Gasteiger partial charge in [-0.05, 0) is 12.2 Å². The van der Waals surface area contributed by atoms with Crippen molar-refractivity contribution in [3.05, 3.63) is 33.7 Å². The van der Waals surface area contributed by atoms with Crippen LogP contribution in [0.25, 0.3) is 0 Å². The summed E-state index contributed by atoms with van der Waals surface area (Å²) < 4.78 is 4.85. The fraction of sp³-hybridized carbons (Fsp3) is 0.286. The van der Waals surface area contributed by atoms with Gasteiger partial charge >= 0.3 is 0 Å². The highest BCUT2D eigenvalue weighted by molar-refractivity contribution is 7.81. The molecule has 0 aromatic carbocycles. The average molecular weight is 200 g/mol. The Hall–Kier alpha value is -1.43. The average Bonchev–Trinajstić information content (AvgIpc) is 2.04. The summed E-state index contributed by atoms with van der Waals surface area (Å²) in [5, 5.41) is 10.5. The first-order valence-corrected chi connectivity index (χ1v) is 3.88. The van der Waals surface area contributed by atoms with Gasteiger partial charge in [0.25, 0.3) is 6.04 Å². The predicted octanol–water partition coefficient (Wildman–Crippen LogP) is 0.388. The molecule has 0 amide bonds. The van der Waals surface area contributed by atoms with Crippen LogP contribution in [0.5, 0.6) is 0 Å². The molecule has 0 aromatic rings. The Labute approximate surface area is 80.0 Å². The topological polar surface area (TPSA) is 78.4 Å². The normalized spacial score (nSPS) is 21.9. The highest BCUT2D eigenvalue weighted by Gasteiger charge is 2.30. The molecule has 1 aliphatic carbocycles. The molecule has 0 radical (unpaired) electrons. The summed E-state index contributed by atoms with van der Waals surface area (Å²) >= 11 is 4.85. The van der Waals surface area contributed by atoms with Crippen LogP contribution < -0.4 is 5.73 Å². The molecule has 0 bridgehead atoms. The molecule has 0 spiro atoms. The van der Waals surface area contributed by atoms with E-state index in [-0.39, 0.29) is 10.6 Å². The van der Waals surface area contributed by atoms with Crippen LogP contribution in [0.1, 0.15) is 0 Å². The lowest BCUT2D eigenvalue weighted by molar-refractivity contribution is -0.490. The first-order chi connectivity index (χ1) is 6.07. The van der Waals surface area contributed by atoms with Crippen molar-refractivity contribution in [3.8, 4) is 0 Å². The van der Waals surface area contributed by atoms with E-state index in [1.165, 1.54) is 19.3 Å². The van der Waals surface area contributed by atoms with Gasteiger partial charge in [-0.25, -0.2) is 0 Å². The van der Waals surface area contributed by atoms with Crippen LogP contribution in [-0.4, -0.2) is 22.9 Å². The second-order valence-electron chi connectivity index (χ2n) is 2.44. The zero-order chi connectivity index (χ0) is 10.0. The number of ether oxygens (including phenoxy) is 1. The summed E-state index contributed by atoms with van der Waals surface area (Å²) in [7, 11) is 1.38. The Kier molecular flexibility index (Phi) is 2.62. The third-order valence-electron chi connectivity index (χ3n) is 1.64. The Morgan fingerprint density at radius 3 is 2.85 bits per heavy atom. The van der Waals surface area contributed by atoms with Gasteiger partial charge in [0.05, 0.1) is 12.8 Å². The molecule has 1 aliphatic rings. The van der Waals surface area contributed by atoms with E-state index < -0.39 is 11.0 Å². The maximum absolute atomic E-state index is 10.5. The Balaban J connectivity index is 3.02. The largest absolute Gasteiger partial charge is 0.493 e.